The van der Waals surface area contributed by atoms with Gasteiger partial charge in [-0.2, -0.15) is 0 Å². The molecule has 0 radical (unpaired) electrons. The highest BCUT2D eigenvalue weighted by atomic mass is 32.2. The van der Waals surface area contributed by atoms with Crippen molar-refractivity contribution < 1.29 is 18.5 Å². The first kappa shape index (κ1) is 22.3. The van der Waals surface area contributed by atoms with Gasteiger partial charge in [-0.15, -0.1) is 0 Å². The third kappa shape index (κ3) is 4.89. The summed E-state index contributed by atoms with van der Waals surface area (Å²) < 4.78 is 23.5. The van der Waals surface area contributed by atoms with Crippen LogP contribution in [-0.2, 0) is 19.1 Å². The molecular formula is C21H32N2O4S. The minimum absolute atomic E-state index is 0.121. The Balaban J connectivity index is 2.09. The molecule has 0 saturated carbocycles. The van der Waals surface area contributed by atoms with Gasteiger partial charge in [-0.1, -0.05) is 6.58 Å². The van der Waals surface area contributed by atoms with Gasteiger partial charge in [0.2, 0.25) is 5.91 Å². The van der Waals surface area contributed by atoms with E-state index in [2.05, 4.69) is 31.6 Å². The van der Waals surface area contributed by atoms with E-state index < -0.39 is 20.2 Å². The summed E-state index contributed by atoms with van der Waals surface area (Å²) in [4.78, 5) is 12.7. The number of amides is 1. The minimum atomic E-state index is -2.93. The fourth-order valence-corrected chi connectivity index (χ4v) is 5.66. The molecule has 1 atom stereocenters. The second kappa shape index (κ2) is 8.57. The van der Waals surface area contributed by atoms with Crippen LogP contribution in [0.1, 0.15) is 40.0 Å². The maximum absolute atomic E-state index is 13.5. The van der Waals surface area contributed by atoms with E-state index in [1.165, 1.54) is 0 Å². The Morgan fingerprint density at radius 1 is 1.32 bits per heavy atom. The average molecular weight is 409 g/mol. The number of primary amides is 1. The SMILES string of the molecule is C=C(C)NC(C)(C)CCOc1ccc(S(=C)(=O)C2(C(N)=O)CCOCC2)cc1. The van der Waals surface area contributed by atoms with Crippen LogP contribution in [0.5, 0.6) is 5.75 Å². The Morgan fingerprint density at radius 2 is 1.89 bits per heavy atom. The van der Waals surface area contributed by atoms with E-state index in [-0.39, 0.29) is 5.54 Å². The van der Waals surface area contributed by atoms with Crippen LogP contribution in [0.4, 0.5) is 0 Å². The van der Waals surface area contributed by atoms with Gasteiger partial charge in [-0.25, -0.2) is 0 Å². The lowest BCUT2D eigenvalue weighted by Gasteiger charge is -2.37. The van der Waals surface area contributed by atoms with Gasteiger partial charge >= 0.3 is 0 Å². The lowest BCUT2D eigenvalue weighted by atomic mass is 9.98. The summed E-state index contributed by atoms with van der Waals surface area (Å²) in [6.45, 7) is 11.2. The largest absolute Gasteiger partial charge is 0.494 e. The molecule has 1 fully saturated rings. The Labute approximate surface area is 168 Å². The van der Waals surface area contributed by atoms with E-state index >= 15 is 0 Å². The quantitative estimate of drug-likeness (QED) is 0.613. The van der Waals surface area contributed by atoms with E-state index in [1.807, 2.05) is 6.92 Å². The van der Waals surface area contributed by atoms with Gasteiger partial charge in [0.1, 0.15) is 10.5 Å². The standard InChI is InChI=1S/C21H32N2O4S/c1-16(2)23-20(3,4)10-15-27-17-6-8-18(9-7-17)28(5,25)21(19(22)24)11-13-26-14-12-21/h6-9,23H,1,5,10-15H2,2-4H3,(H2,22,24). The molecule has 1 unspecified atom stereocenters. The lowest BCUT2D eigenvalue weighted by Crippen LogP contribution is -2.53. The highest BCUT2D eigenvalue weighted by molar-refractivity contribution is 8.02. The first-order chi connectivity index (χ1) is 13.0. The molecule has 1 aromatic rings. The fourth-order valence-electron chi connectivity index (χ4n) is 3.49. The second-order valence-electron chi connectivity index (χ2n) is 8.01. The van der Waals surface area contributed by atoms with Crippen LogP contribution in [0, 0.1) is 0 Å². The number of allylic oxidation sites excluding steroid dienone is 1. The zero-order chi connectivity index (χ0) is 21.0. The number of nitrogens with two attached hydrogens (primary N) is 1. The molecule has 2 rings (SSSR count). The highest BCUT2D eigenvalue weighted by Crippen LogP contribution is 2.35. The maximum Gasteiger partial charge on any atom is 0.236 e. The van der Waals surface area contributed by atoms with E-state index in [1.54, 1.807) is 24.3 Å². The molecule has 0 spiro atoms. The van der Waals surface area contributed by atoms with E-state index in [9.17, 15) is 9.00 Å². The van der Waals surface area contributed by atoms with Crippen molar-refractivity contribution in [2.24, 2.45) is 5.73 Å². The van der Waals surface area contributed by atoms with Gasteiger partial charge in [0.05, 0.1) is 6.61 Å². The number of rotatable bonds is 9. The summed E-state index contributed by atoms with van der Waals surface area (Å²) in [5.74, 6) is 4.01. The van der Waals surface area contributed by atoms with Crippen molar-refractivity contribution >= 4 is 21.3 Å². The molecule has 1 heterocycles. The Bertz CT molecular complexity index is 807. The van der Waals surface area contributed by atoms with Crippen LogP contribution in [0.15, 0.2) is 41.4 Å². The number of hydrogen-bond donors (Lipinski definition) is 2. The van der Waals surface area contributed by atoms with Crippen LogP contribution in [0.25, 0.3) is 0 Å². The topological polar surface area (TPSA) is 90.6 Å². The first-order valence-corrected chi connectivity index (χ1v) is 11.1. The molecule has 0 aromatic heterocycles. The van der Waals surface area contributed by atoms with Gasteiger partial charge in [0.25, 0.3) is 0 Å². The molecule has 3 N–H and O–H groups in total. The number of carbonyl (C=O) groups excluding carboxylic acids is 1. The molecule has 0 bridgehead atoms. The predicted octanol–water partition coefficient (Wildman–Crippen LogP) is 2.47. The third-order valence-corrected chi connectivity index (χ3v) is 8.04. The summed E-state index contributed by atoms with van der Waals surface area (Å²) in [5.41, 5.74) is 6.44. The van der Waals surface area contributed by atoms with Crippen molar-refractivity contribution in [1.29, 1.82) is 0 Å². The number of hydrogen-bond acceptors (Lipinski definition) is 5. The molecule has 7 heteroatoms. The van der Waals surface area contributed by atoms with Crippen LogP contribution in [0.2, 0.25) is 0 Å². The molecule has 156 valence electrons. The van der Waals surface area contributed by atoms with Crippen LogP contribution in [-0.4, -0.2) is 46.1 Å². The highest BCUT2D eigenvalue weighted by Gasteiger charge is 2.46. The molecule has 1 aliphatic rings. The molecule has 1 amide bonds. The van der Waals surface area contributed by atoms with Crippen molar-refractivity contribution in [3.8, 4) is 5.75 Å². The average Bonchev–Trinajstić information content (AvgIpc) is 2.61. The van der Waals surface area contributed by atoms with E-state index in [0.717, 1.165) is 12.1 Å². The third-order valence-electron chi connectivity index (χ3n) is 5.13. The lowest BCUT2D eigenvalue weighted by molar-refractivity contribution is -0.122. The summed E-state index contributed by atoms with van der Waals surface area (Å²) in [6.07, 6.45) is 1.42. The zero-order valence-electron chi connectivity index (χ0n) is 17.1. The summed E-state index contributed by atoms with van der Waals surface area (Å²) in [7, 11) is -2.93. The smallest absolute Gasteiger partial charge is 0.236 e. The first-order valence-electron chi connectivity index (χ1n) is 9.41. The summed E-state index contributed by atoms with van der Waals surface area (Å²) >= 11 is 0. The molecule has 6 nitrogen and oxygen atoms in total. The molecule has 28 heavy (non-hydrogen) atoms. The summed E-state index contributed by atoms with van der Waals surface area (Å²) in [6, 6.07) is 6.94. The number of ether oxygens (including phenoxy) is 2. The molecular weight excluding hydrogens is 376 g/mol. The molecule has 1 aliphatic heterocycles. The molecule has 1 saturated heterocycles. The van der Waals surface area contributed by atoms with Gasteiger partial charge in [0, 0.05) is 45.3 Å². The number of nitrogens with one attached hydrogen (secondary N) is 1. The molecule has 0 aliphatic carbocycles. The Kier molecular flexibility index (Phi) is 6.83. The van der Waals surface area contributed by atoms with Crippen molar-refractivity contribution in [2.75, 3.05) is 19.8 Å². The van der Waals surface area contributed by atoms with Crippen LogP contribution in [0.3, 0.4) is 0 Å². The number of carbonyl (C=O) groups is 1. The zero-order valence-corrected chi connectivity index (χ0v) is 17.9. The van der Waals surface area contributed by atoms with Crippen LogP contribution < -0.4 is 15.8 Å². The second-order valence-corrected chi connectivity index (χ2v) is 10.6. The van der Waals surface area contributed by atoms with Crippen molar-refractivity contribution in [2.45, 2.75) is 55.2 Å². The van der Waals surface area contributed by atoms with Crippen molar-refractivity contribution in [3.63, 3.8) is 0 Å². The van der Waals surface area contributed by atoms with E-state index in [4.69, 9.17) is 15.2 Å². The van der Waals surface area contributed by atoms with Gasteiger partial charge in [0.15, 0.2) is 0 Å². The maximum atomic E-state index is 13.5. The van der Waals surface area contributed by atoms with Crippen molar-refractivity contribution in [3.05, 3.63) is 36.5 Å². The normalized spacial score (nSPS) is 18.7. The Morgan fingerprint density at radius 3 is 2.39 bits per heavy atom. The molecule has 1 aromatic carbocycles. The van der Waals surface area contributed by atoms with Gasteiger partial charge < -0.3 is 20.5 Å². The summed E-state index contributed by atoms with van der Waals surface area (Å²) in [5, 5.41) is 3.31. The number of benzene rings is 1. The Hall–Kier alpha value is -1.99. The van der Waals surface area contributed by atoms with Crippen molar-refractivity contribution in [1.82, 2.24) is 5.32 Å². The van der Waals surface area contributed by atoms with Gasteiger partial charge in [-0.05, 0) is 63.7 Å². The fraction of sp³-hybridized carbons (Fsp3) is 0.524. The minimum Gasteiger partial charge on any atom is -0.494 e. The van der Waals surface area contributed by atoms with E-state index in [0.29, 0.717) is 43.3 Å². The van der Waals surface area contributed by atoms with Gasteiger partial charge in [-0.3, -0.25) is 9.00 Å². The monoisotopic (exact) mass is 408 g/mol. The van der Waals surface area contributed by atoms with Crippen LogP contribution >= 0.6 is 0 Å². The predicted molar refractivity (Wildman–Crippen MR) is 114 cm³/mol.